The topological polar surface area (TPSA) is 0 Å². The molecule has 0 nitrogen and oxygen atoms in total. The van der Waals surface area contributed by atoms with E-state index in [1.165, 1.54) is 11.1 Å². The second kappa shape index (κ2) is 2.51. The normalized spacial score (nSPS) is 10.3. The summed E-state index contributed by atoms with van der Waals surface area (Å²) < 4.78 is 0. The van der Waals surface area contributed by atoms with Crippen molar-refractivity contribution in [2.75, 3.05) is 0 Å². The first kappa shape index (κ1) is 6.62. The molecule has 11 heavy (non-hydrogen) atoms. The third kappa shape index (κ3) is 1.08. The summed E-state index contributed by atoms with van der Waals surface area (Å²) >= 11 is 0. The van der Waals surface area contributed by atoms with Gasteiger partial charge >= 0.3 is 0 Å². The fourth-order valence-electron chi connectivity index (χ4n) is 1.21. The summed E-state index contributed by atoms with van der Waals surface area (Å²) in [6.45, 7) is 0. The molecule has 0 heterocycles. The smallest absolute Gasteiger partial charge is 0.0626 e. The summed E-state index contributed by atoms with van der Waals surface area (Å²) in [6.07, 6.45) is 0. The maximum Gasteiger partial charge on any atom is 0.0720 e. The first-order chi connectivity index (χ1) is 5.38. The minimum Gasteiger partial charge on any atom is -0.0626 e. The Morgan fingerprint density at radius 3 is 2.55 bits per heavy atom. The van der Waals surface area contributed by atoms with E-state index in [1.807, 2.05) is 18.2 Å². The van der Waals surface area contributed by atoms with Gasteiger partial charge in [-0.25, -0.2) is 0 Å². The molecule has 2 aliphatic carbocycles. The largest absolute Gasteiger partial charge is 0.0720 e. The van der Waals surface area contributed by atoms with Crippen LogP contribution in [0.5, 0.6) is 0 Å². The predicted octanol–water partition coefficient (Wildman–Crippen LogP) is 1.59. The Kier molecular flexibility index (Phi) is 1.51. The number of hydrogen-bond acceptors (Lipinski definition) is 0. The van der Waals surface area contributed by atoms with Crippen molar-refractivity contribution in [3.05, 3.63) is 42.5 Å². The van der Waals surface area contributed by atoms with Gasteiger partial charge in [0.05, 0.1) is 10.2 Å². The van der Waals surface area contributed by atoms with Crippen LogP contribution < -0.4 is 5.19 Å². The molecule has 0 spiro atoms. The second-order valence-electron chi connectivity index (χ2n) is 2.53. The van der Waals surface area contributed by atoms with Gasteiger partial charge in [-0.15, -0.1) is 0 Å². The molecule has 1 heteroatoms. The van der Waals surface area contributed by atoms with Gasteiger partial charge in [-0.05, 0) is 11.1 Å². The molecule has 2 rings (SSSR count). The molecule has 0 aromatic carbocycles. The lowest BCUT2D eigenvalue weighted by Gasteiger charge is -1.91. The maximum atomic E-state index is 3.54. The molecule has 3 radical (unpaired) electrons. The standard InChI is InChI=1S/C10H7Si/c11-10-7-6-8-4-2-1-3-5-9(8)10/h1-7H. The van der Waals surface area contributed by atoms with Crippen molar-refractivity contribution in [3.8, 4) is 11.1 Å². The Labute approximate surface area is 69.6 Å². The minimum atomic E-state index is 1.16. The predicted molar refractivity (Wildman–Crippen MR) is 48.5 cm³/mol. The van der Waals surface area contributed by atoms with Crippen LogP contribution >= 0.6 is 0 Å². The fraction of sp³-hybridized carbons (Fsp3) is 0. The molecule has 0 N–H and O–H groups in total. The number of fused-ring (bicyclic) bond motifs is 1. The van der Waals surface area contributed by atoms with Gasteiger partial charge in [-0.1, -0.05) is 47.7 Å². The zero-order chi connectivity index (χ0) is 7.68. The molecule has 51 valence electrons. The van der Waals surface area contributed by atoms with Gasteiger partial charge in [0.25, 0.3) is 0 Å². The van der Waals surface area contributed by atoms with Crippen LogP contribution in [0.1, 0.15) is 0 Å². The van der Waals surface area contributed by atoms with Crippen LogP contribution in [0.2, 0.25) is 0 Å². The SMILES string of the molecule is [Si]c1ccc2cccccc1-2. The van der Waals surface area contributed by atoms with E-state index in [1.54, 1.807) is 0 Å². The molecular weight excluding hydrogens is 148 g/mol. The fourth-order valence-corrected chi connectivity index (χ4v) is 1.53. The van der Waals surface area contributed by atoms with Crippen molar-refractivity contribution in [1.29, 1.82) is 0 Å². The van der Waals surface area contributed by atoms with Gasteiger partial charge in [0.1, 0.15) is 0 Å². The lowest BCUT2D eigenvalue weighted by atomic mass is 10.2. The van der Waals surface area contributed by atoms with Crippen LogP contribution in [0.25, 0.3) is 11.1 Å². The summed E-state index contributed by atoms with van der Waals surface area (Å²) in [4.78, 5) is 0. The zero-order valence-corrected chi connectivity index (χ0v) is 7.04. The first-order valence-corrected chi connectivity index (χ1v) is 4.07. The van der Waals surface area contributed by atoms with Gasteiger partial charge in [-0.3, -0.25) is 0 Å². The molecule has 0 aromatic rings. The van der Waals surface area contributed by atoms with Crippen molar-refractivity contribution in [1.82, 2.24) is 0 Å². The lowest BCUT2D eigenvalue weighted by Crippen LogP contribution is -1.98. The van der Waals surface area contributed by atoms with E-state index in [4.69, 9.17) is 0 Å². The molecule has 0 saturated carbocycles. The Morgan fingerprint density at radius 1 is 0.818 bits per heavy atom. The van der Waals surface area contributed by atoms with Crippen molar-refractivity contribution < 1.29 is 0 Å². The van der Waals surface area contributed by atoms with E-state index < -0.39 is 0 Å². The third-order valence-electron chi connectivity index (χ3n) is 1.79. The average molecular weight is 155 g/mol. The summed E-state index contributed by atoms with van der Waals surface area (Å²) in [7, 11) is 3.54. The van der Waals surface area contributed by atoms with Gasteiger partial charge in [0.15, 0.2) is 0 Å². The molecule has 0 aromatic heterocycles. The highest BCUT2D eigenvalue weighted by Crippen LogP contribution is 2.17. The highest BCUT2D eigenvalue weighted by atomic mass is 28.1. The third-order valence-corrected chi connectivity index (χ3v) is 2.23. The number of rotatable bonds is 0. The van der Waals surface area contributed by atoms with Gasteiger partial charge in [0.2, 0.25) is 0 Å². The quantitative estimate of drug-likeness (QED) is 0.507. The van der Waals surface area contributed by atoms with E-state index in [0.29, 0.717) is 0 Å². The Bertz CT molecular complexity index is 341. The lowest BCUT2D eigenvalue weighted by molar-refractivity contribution is 1.85. The van der Waals surface area contributed by atoms with Crippen LogP contribution in [0.15, 0.2) is 42.5 Å². The summed E-state index contributed by atoms with van der Waals surface area (Å²) in [5.74, 6) is 0. The molecule has 0 saturated heterocycles. The van der Waals surface area contributed by atoms with Crippen LogP contribution in [-0.2, 0) is 0 Å². The number of hydrogen-bond donors (Lipinski definition) is 0. The molecule has 0 atom stereocenters. The van der Waals surface area contributed by atoms with Crippen LogP contribution in [0, 0.1) is 0 Å². The monoisotopic (exact) mass is 155 g/mol. The highest BCUT2D eigenvalue weighted by Gasteiger charge is 2.01. The van der Waals surface area contributed by atoms with Crippen molar-refractivity contribution in [2.45, 2.75) is 0 Å². The molecule has 0 unspecified atom stereocenters. The Balaban J connectivity index is 2.75. The summed E-state index contributed by atoms with van der Waals surface area (Å²) in [5, 5.41) is 1.16. The van der Waals surface area contributed by atoms with E-state index >= 15 is 0 Å². The maximum absolute atomic E-state index is 3.54. The van der Waals surface area contributed by atoms with Crippen LogP contribution in [0.3, 0.4) is 0 Å². The van der Waals surface area contributed by atoms with E-state index in [-0.39, 0.29) is 0 Å². The minimum absolute atomic E-state index is 1.16. The highest BCUT2D eigenvalue weighted by molar-refractivity contribution is 6.36. The zero-order valence-electron chi connectivity index (χ0n) is 6.04. The molecule has 2 aliphatic rings. The Hall–Kier alpha value is -1.08. The van der Waals surface area contributed by atoms with Crippen molar-refractivity contribution >= 4 is 15.4 Å². The van der Waals surface area contributed by atoms with E-state index in [0.717, 1.165) is 5.19 Å². The first-order valence-electron chi connectivity index (χ1n) is 3.57. The molecular formula is C10H7Si. The van der Waals surface area contributed by atoms with Gasteiger partial charge < -0.3 is 0 Å². The van der Waals surface area contributed by atoms with Crippen molar-refractivity contribution in [2.24, 2.45) is 0 Å². The van der Waals surface area contributed by atoms with Gasteiger partial charge in [0, 0.05) is 0 Å². The molecule has 0 amide bonds. The summed E-state index contributed by atoms with van der Waals surface area (Å²) in [6, 6.07) is 14.5. The van der Waals surface area contributed by atoms with E-state index in [2.05, 4.69) is 34.5 Å². The molecule has 0 aliphatic heterocycles. The molecule has 0 fully saturated rings. The second-order valence-corrected chi connectivity index (χ2v) is 3.07. The Morgan fingerprint density at radius 2 is 1.64 bits per heavy atom. The van der Waals surface area contributed by atoms with Crippen LogP contribution in [0.4, 0.5) is 0 Å². The summed E-state index contributed by atoms with van der Waals surface area (Å²) in [5.41, 5.74) is 2.55. The van der Waals surface area contributed by atoms with E-state index in [9.17, 15) is 0 Å². The average Bonchev–Trinajstić information content (AvgIpc) is 2.25. The van der Waals surface area contributed by atoms with Crippen LogP contribution in [-0.4, -0.2) is 10.2 Å². The van der Waals surface area contributed by atoms with Gasteiger partial charge in [-0.2, -0.15) is 0 Å². The molecule has 0 bridgehead atoms. The van der Waals surface area contributed by atoms with Crippen molar-refractivity contribution in [3.63, 3.8) is 0 Å².